The zero-order valence-corrected chi connectivity index (χ0v) is 14.5. The molecule has 5 nitrogen and oxygen atoms in total. The van der Waals surface area contributed by atoms with Gasteiger partial charge in [-0.1, -0.05) is 12.8 Å². The van der Waals surface area contributed by atoms with Crippen LogP contribution >= 0.6 is 0 Å². The van der Waals surface area contributed by atoms with Crippen LogP contribution in [0.2, 0.25) is 0 Å². The predicted molar refractivity (Wildman–Crippen MR) is 92.7 cm³/mol. The lowest BCUT2D eigenvalue weighted by atomic mass is 10.0. The van der Waals surface area contributed by atoms with Gasteiger partial charge in [0.2, 0.25) is 0 Å². The van der Waals surface area contributed by atoms with Gasteiger partial charge in [0.25, 0.3) is 0 Å². The summed E-state index contributed by atoms with van der Waals surface area (Å²) < 4.78 is 5.48. The third-order valence-corrected chi connectivity index (χ3v) is 5.85. The quantitative estimate of drug-likeness (QED) is 0.900. The summed E-state index contributed by atoms with van der Waals surface area (Å²) in [7, 11) is 0. The van der Waals surface area contributed by atoms with Gasteiger partial charge in [-0.05, 0) is 50.7 Å². The van der Waals surface area contributed by atoms with Crippen LogP contribution in [0.25, 0.3) is 0 Å². The number of likely N-dealkylation sites (tertiary alicyclic amines) is 1. The number of nitrogens with zero attached hydrogens (tertiary/aromatic N) is 2. The zero-order valence-electron chi connectivity index (χ0n) is 14.5. The van der Waals surface area contributed by atoms with Gasteiger partial charge in [0, 0.05) is 31.2 Å². The van der Waals surface area contributed by atoms with E-state index in [1.54, 1.807) is 6.26 Å². The molecule has 0 atom stereocenters. The first-order valence-corrected chi connectivity index (χ1v) is 9.63. The predicted octanol–water partition coefficient (Wildman–Crippen LogP) is 3.36. The Balaban J connectivity index is 1.34. The van der Waals surface area contributed by atoms with Crippen molar-refractivity contribution in [3.8, 4) is 0 Å². The third kappa shape index (κ3) is 3.77. The SMILES string of the molecule is O=C(NC1CCN(C2CC2)CC1)N(Cc1ccco1)C1CCCC1. The molecule has 3 aliphatic rings. The van der Waals surface area contributed by atoms with E-state index in [4.69, 9.17) is 4.42 Å². The van der Waals surface area contributed by atoms with Crippen molar-refractivity contribution in [3.05, 3.63) is 24.2 Å². The van der Waals surface area contributed by atoms with Gasteiger partial charge in [-0.3, -0.25) is 0 Å². The average Bonchev–Trinajstić information content (AvgIpc) is 3.08. The van der Waals surface area contributed by atoms with Crippen molar-refractivity contribution < 1.29 is 9.21 Å². The summed E-state index contributed by atoms with van der Waals surface area (Å²) >= 11 is 0. The van der Waals surface area contributed by atoms with Crippen LogP contribution in [0, 0.1) is 0 Å². The van der Waals surface area contributed by atoms with Gasteiger partial charge in [-0.25, -0.2) is 4.79 Å². The molecule has 0 bridgehead atoms. The first-order chi connectivity index (χ1) is 11.8. The highest BCUT2D eigenvalue weighted by Gasteiger charge is 2.33. The van der Waals surface area contributed by atoms with E-state index < -0.39 is 0 Å². The van der Waals surface area contributed by atoms with E-state index in [1.807, 2.05) is 17.0 Å². The van der Waals surface area contributed by atoms with Crippen molar-refractivity contribution in [2.24, 2.45) is 0 Å². The van der Waals surface area contributed by atoms with Crippen molar-refractivity contribution >= 4 is 6.03 Å². The van der Waals surface area contributed by atoms with Crippen LogP contribution in [0.4, 0.5) is 4.79 Å². The number of amides is 2. The van der Waals surface area contributed by atoms with Gasteiger partial charge >= 0.3 is 6.03 Å². The van der Waals surface area contributed by atoms with Crippen molar-refractivity contribution in [1.82, 2.24) is 15.1 Å². The maximum Gasteiger partial charge on any atom is 0.318 e. The standard InChI is InChI=1S/C19H29N3O2/c23-19(20-15-9-11-21(12-10-15)16-7-8-16)22(17-4-1-2-5-17)14-18-6-3-13-24-18/h3,6,13,15-17H,1-2,4-5,7-12,14H2,(H,20,23). The van der Waals surface area contributed by atoms with Gasteiger partial charge in [-0.15, -0.1) is 0 Å². The Kier molecular flexibility index (Phi) is 4.79. The van der Waals surface area contributed by atoms with Crippen LogP contribution in [0.3, 0.4) is 0 Å². The normalized spacial score (nSPS) is 23.5. The molecule has 1 aromatic heterocycles. The Bertz CT molecular complexity index is 527. The molecule has 1 aliphatic heterocycles. The summed E-state index contributed by atoms with van der Waals surface area (Å²) in [5.74, 6) is 0.876. The first kappa shape index (κ1) is 16.0. The van der Waals surface area contributed by atoms with Crippen LogP contribution in [-0.4, -0.2) is 47.0 Å². The summed E-state index contributed by atoms with van der Waals surface area (Å²) in [6.45, 7) is 2.86. The van der Waals surface area contributed by atoms with E-state index >= 15 is 0 Å². The maximum atomic E-state index is 12.9. The summed E-state index contributed by atoms with van der Waals surface area (Å²) in [6.07, 6.45) is 11.3. The van der Waals surface area contributed by atoms with E-state index in [1.165, 1.54) is 25.7 Å². The molecule has 5 heteroatoms. The van der Waals surface area contributed by atoms with Crippen LogP contribution in [0.15, 0.2) is 22.8 Å². The third-order valence-electron chi connectivity index (χ3n) is 5.85. The minimum Gasteiger partial charge on any atom is -0.467 e. The number of urea groups is 1. The molecule has 0 radical (unpaired) electrons. The second kappa shape index (κ2) is 7.18. The van der Waals surface area contributed by atoms with Gasteiger partial charge in [0.1, 0.15) is 5.76 Å². The molecule has 4 rings (SSSR count). The van der Waals surface area contributed by atoms with Crippen molar-refractivity contribution in [2.45, 2.75) is 76.0 Å². The molecule has 0 unspecified atom stereocenters. The molecule has 1 N–H and O–H groups in total. The molecule has 2 heterocycles. The lowest BCUT2D eigenvalue weighted by Gasteiger charge is -2.35. The lowest BCUT2D eigenvalue weighted by Crippen LogP contribution is -2.51. The van der Waals surface area contributed by atoms with Gasteiger partial charge < -0.3 is 19.5 Å². The summed E-state index contributed by atoms with van der Waals surface area (Å²) in [6, 6.07) is 5.49. The number of nitrogens with one attached hydrogen (secondary N) is 1. The van der Waals surface area contributed by atoms with Crippen LogP contribution in [0.1, 0.15) is 57.1 Å². The lowest BCUT2D eigenvalue weighted by molar-refractivity contribution is 0.148. The number of hydrogen-bond acceptors (Lipinski definition) is 3. The molecule has 0 aromatic carbocycles. The zero-order chi connectivity index (χ0) is 16.4. The number of piperidine rings is 1. The number of hydrogen-bond donors (Lipinski definition) is 1. The Morgan fingerprint density at radius 2 is 1.92 bits per heavy atom. The van der Waals surface area contributed by atoms with E-state index in [0.29, 0.717) is 18.6 Å². The smallest absolute Gasteiger partial charge is 0.318 e. The fraction of sp³-hybridized carbons (Fsp3) is 0.737. The number of furan rings is 1. The highest BCUT2D eigenvalue weighted by Crippen LogP contribution is 2.29. The highest BCUT2D eigenvalue weighted by atomic mass is 16.3. The van der Waals surface area contributed by atoms with Crippen LogP contribution in [-0.2, 0) is 6.54 Å². The molecule has 2 aliphatic carbocycles. The molecule has 132 valence electrons. The van der Waals surface area contributed by atoms with Crippen molar-refractivity contribution in [2.75, 3.05) is 13.1 Å². The number of carbonyl (C=O) groups excluding carboxylic acids is 1. The summed E-state index contributed by atoms with van der Waals surface area (Å²) in [5, 5.41) is 3.31. The summed E-state index contributed by atoms with van der Waals surface area (Å²) in [4.78, 5) is 17.5. The monoisotopic (exact) mass is 331 g/mol. The highest BCUT2D eigenvalue weighted by molar-refractivity contribution is 5.75. The van der Waals surface area contributed by atoms with E-state index in [9.17, 15) is 4.79 Å². The molecular formula is C19H29N3O2. The van der Waals surface area contributed by atoms with E-state index in [0.717, 1.165) is 50.6 Å². The minimum atomic E-state index is 0.100. The molecule has 24 heavy (non-hydrogen) atoms. The molecule has 2 saturated carbocycles. The maximum absolute atomic E-state index is 12.9. The molecule has 1 aromatic rings. The van der Waals surface area contributed by atoms with Crippen molar-refractivity contribution in [3.63, 3.8) is 0 Å². The fourth-order valence-electron chi connectivity index (χ4n) is 4.26. The minimum absolute atomic E-state index is 0.100. The Morgan fingerprint density at radius 3 is 2.54 bits per heavy atom. The van der Waals surface area contributed by atoms with Crippen LogP contribution in [0.5, 0.6) is 0 Å². The average molecular weight is 331 g/mol. The van der Waals surface area contributed by atoms with Gasteiger partial charge in [-0.2, -0.15) is 0 Å². The fourth-order valence-corrected chi connectivity index (χ4v) is 4.26. The molecule has 0 spiro atoms. The molecule has 3 fully saturated rings. The van der Waals surface area contributed by atoms with E-state index in [2.05, 4.69) is 10.2 Å². The molecular weight excluding hydrogens is 302 g/mol. The van der Waals surface area contributed by atoms with E-state index in [-0.39, 0.29) is 6.03 Å². The van der Waals surface area contributed by atoms with Gasteiger partial charge in [0.05, 0.1) is 12.8 Å². The largest absolute Gasteiger partial charge is 0.467 e. The molecule has 2 amide bonds. The number of rotatable bonds is 5. The Morgan fingerprint density at radius 1 is 1.17 bits per heavy atom. The van der Waals surface area contributed by atoms with Crippen molar-refractivity contribution in [1.29, 1.82) is 0 Å². The van der Waals surface area contributed by atoms with Gasteiger partial charge in [0.15, 0.2) is 0 Å². The van der Waals surface area contributed by atoms with Crippen LogP contribution < -0.4 is 5.32 Å². The Labute approximate surface area is 144 Å². The second-order valence-corrected chi connectivity index (χ2v) is 7.64. The Hall–Kier alpha value is -1.49. The molecule has 1 saturated heterocycles. The topological polar surface area (TPSA) is 48.7 Å². The first-order valence-electron chi connectivity index (χ1n) is 9.63. The number of carbonyl (C=O) groups is 1. The summed E-state index contributed by atoms with van der Waals surface area (Å²) in [5.41, 5.74) is 0. The second-order valence-electron chi connectivity index (χ2n) is 7.64.